The third-order valence-corrected chi connectivity index (χ3v) is 3.61. The van der Waals surface area contributed by atoms with Crippen molar-refractivity contribution in [2.75, 3.05) is 0 Å². The summed E-state index contributed by atoms with van der Waals surface area (Å²) in [4.78, 5) is 4.39. The Kier molecular flexibility index (Phi) is 5.07. The second kappa shape index (κ2) is 7.44. The molecule has 0 atom stereocenters. The minimum absolute atomic E-state index is 0.140. The molecule has 0 aliphatic carbocycles. The first kappa shape index (κ1) is 17.7. The Labute approximate surface area is 149 Å². The topological polar surface area (TPSA) is 22.1 Å². The van der Waals surface area contributed by atoms with Crippen molar-refractivity contribution in [3.8, 4) is 11.5 Å². The fourth-order valence-electron chi connectivity index (χ4n) is 2.39. The summed E-state index contributed by atoms with van der Waals surface area (Å²) in [5.41, 5.74) is 1.87. The van der Waals surface area contributed by atoms with Gasteiger partial charge in [-0.05, 0) is 61.0 Å². The predicted octanol–water partition coefficient (Wildman–Crippen LogP) is 6.37. The highest BCUT2D eigenvalue weighted by Gasteiger charge is 2.30. The van der Waals surface area contributed by atoms with Gasteiger partial charge in [-0.1, -0.05) is 30.3 Å². The summed E-state index contributed by atoms with van der Waals surface area (Å²) in [6, 6.07) is 17.7. The molecule has 2 aromatic carbocycles. The smallest absolute Gasteiger partial charge is 0.416 e. The Morgan fingerprint density at radius 1 is 0.846 bits per heavy atom. The zero-order valence-electron chi connectivity index (χ0n) is 14.0. The maximum atomic E-state index is 12.8. The largest absolute Gasteiger partial charge is 0.457 e. The average Bonchev–Trinajstić information content (AvgIpc) is 2.60. The number of rotatable bonds is 4. The molecule has 0 unspecified atom stereocenters. The van der Waals surface area contributed by atoms with Gasteiger partial charge in [0.1, 0.15) is 11.5 Å². The highest BCUT2D eigenvalue weighted by Crippen LogP contribution is 2.32. The minimum atomic E-state index is -4.40. The van der Waals surface area contributed by atoms with E-state index in [9.17, 15) is 13.2 Å². The SMILES string of the molecule is Cc1cccc(/C=C/c2cccc(Oc3cccc(C(F)(F)F)c3)c2)n1. The standard InChI is InChI=1S/C21H16F3NO/c1-15-5-2-8-18(25-15)12-11-16-6-3-9-19(13-16)26-20-10-4-7-17(14-20)21(22,23)24/h2-14H,1H3/b12-11+. The molecule has 0 aliphatic rings. The van der Waals surface area contributed by atoms with Gasteiger partial charge < -0.3 is 4.74 Å². The van der Waals surface area contributed by atoms with Crippen molar-refractivity contribution in [2.24, 2.45) is 0 Å². The Morgan fingerprint density at radius 2 is 1.54 bits per heavy atom. The van der Waals surface area contributed by atoms with E-state index in [0.29, 0.717) is 5.75 Å². The van der Waals surface area contributed by atoms with Crippen molar-refractivity contribution >= 4 is 12.2 Å². The zero-order valence-corrected chi connectivity index (χ0v) is 14.0. The van der Waals surface area contributed by atoms with E-state index in [-0.39, 0.29) is 5.75 Å². The van der Waals surface area contributed by atoms with Crippen molar-refractivity contribution in [3.63, 3.8) is 0 Å². The lowest BCUT2D eigenvalue weighted by atomic mass is 10.1. The third kappa shape index (κ3) is 4.72. The van der Waals surface area contributed by atoms with E-state index in [4.69, 9.17) is 4.74 Å². The Balaban J connectivity index is 1.78. The molecule has 0 saturated heterocycles. The molecule has 0 aliphatic heterocycles. The van der Waals surface area contributed by atoms with Crippen LogP contribution in [0.3, 0.4) is 0 Å². The fraction of sp³-hybridized carbons (Fsp3) is 0.0952. The van der Waals surface area contributed by atoms with Crippen LogP contribution in [0.1, 0.15) is 22.5 Å². The van der Waals surface area contributed by atoms with E-state index < -0.39 is 11.7 Å². The number of benzene rings is 2. The first-order valence-electron chi connectivity index (χ1n) is 7.97. The highest BCUT2D eigenvalue weighted by molar-refractivity contribution is 5.68. The average molecular weight is 355 g/mol. The van der Waals surface area contributed by atoms with Crippen LogP contribution in [0.15, 0.2) is 66.7 Å². The molecule has 0 bridgehead atoms. The molecule has 132 valence electrons. The van der Waals surface area contributed by atoms with Crippen molar-refractivity contribution < 1.29 is 17.9 Å². The number of aromatic nitrogens is 1. The molecule has 0 N–H and O–H groups in total. The number of nitrogens with zero attached hydrogens (tertiary/aromatic N) is 1. The third-order valence-electron chi connectivity index (χ3n) is 3.61. The van der Waals surface area contributed by atoms with Crippen LogP contribution >= 0.6 is 0 Å². The van der Waals surface area contributed by atoms with Crippen molar-refractivity contribution in [2.45, 2.75) is 13.1 Å². The molecule has 0 saturated carbocycles. The maximum absolute atomic E-state index is 12.8. The normalized spacial score (nSPS) is 11.7. The lowest BCUT2D eigenvalue weighted by Crippen LogP contribution is -2.04. The first-order valence-corrected chi connectivity index (χ1v) is 7.97. The lowest BCUT2D eigenvalue weighted by Gasteiger charge is -2.10. The monoisotopic (exact) mass is 355 g/mol. The number of pyridine rings is 1. The van der Waals surface area contributed by atoms with Gasteiger partial charge in [0.25, 0.3) is 0 Å². The summed E-state index contributed by atoms with van der Waals surface area (Å²) in [5.74, 6) is 0.602. The summed E-state index contributed by atoms with van der Waals surface area (Å²) >= 11 is 0. The van der Waals surface area contributed by atoms with Crippen molar-refractivity contribution in [3.05, 3.63) is 89.2 Å². The van der Waals surface area contributed by atoms with E-state index in [2.05, 4.69) is 4.98 Å². The van der Waals surface area contributed by atoms with E-state index in [1.807, 2.05) is 43.3 Å². The van der Waals surface area contributed by atoms with Gasteiger partial charge in [-0.2, -0.15) is 13.2 Å². The molecule has 3 rings (SSSR count). The predicted molar refractivity (Wildman–Crippen MR) is 95.9 cm³/mol. The maximum Gasteiger partial charge on any atom is 0.416 e. The van der Waals surface area contributed by atoms with E-state index in [1.165, 1.54) is 12.1 Å². The molecule has 26 heavy (non-hydrogen) atoms. The number of alkyl halides is 3. The molecular formula is C21H16F3NO. The van der Waals surface area contributed by atoms with Crippen LogP contribution in [0.2, 0.25) is 0 Å². The number of aryl methyl sites for hydroxylation is 1. The number of hydrogen-bond donors (Lipinski definition) is 0. The lowest BCUT2D eigenvalue weighted by molar-refractivity contribution is -0.137. The molecule has 1 aromatic heterocycles. The molecule has 0 radical (unpaired) electrons. The van der Waals surface area contributed by atoms with Gasteiger partial charge in [0.2, 0.25) is 0 Å². The summed E-state index contributed by atoms with van der Waals surface area (Å²) in [7, 11) is 0. The van der Waals surface area contributed by atoms with Crippen LogP contribution < -0.4 is 4.74 Å². The Hall–Kier alpha value is -3.08. The number of halogens is 3. The van der Waals surface area contributed by atoms with Gasteiger partial charge in [0.05, 0.1) is 11.3 Å². The number of hydrogen-bond acceptors (Lipinski definition) is 2. The second-order valence-electron chi connectivity index (χ2n) is 5.74. The second-order valence-corrected chi connectivity index (χ2v) is 5.74. The Morgan fingerprint density at radius 3 is 2.27 bits per heavy atom. The molecule has 0 spiro atoms. The van der Waals surface area contributed by atoms with E-state index in [0.717, 1.165) is 29.1 Å². The van der Waals surface area contributed by atoms with Crippen LogP contribution in [0.5, 0.6) is 11.5 Å². The zero-order chi connectivity index (χ0) is 18.6. The van der Waals surface area contributed by atoms with Crippen LogP contribution in [0.25, 0.3) is 12.2 Å². The van der Waals surface area contributed by atoms with Gasteiger partial charge in [-0.3, -0.25) is 4.98 Å². The molecule has 0 amide bonds. The van der Waals surface area contributed by atoms with Gasteiger partial charge >= 0.3 is 6.18 Å². The van der Waals surface area contributed by atoms with Gasteiger partial charge in [-0.15, -0.1) is 0 Å². The van der Waals surface area contributed by atoms with Gasteiger partial charge in [-0.25, -0.2) is 0 Å². The molecule has 2 nitrogen and oxygen atoms in total. The summed E-state index contributed by atoms with van der Waals surface area (Å²) < 4.78 is 43.9. The van der Waals surface area contributed by atoms with Crippen LogP contribution in [-0.2, 0) is 6.18 Å². The number of ether oxygens (including phenoxy) is 1. The van der Waals surface area contributed by atoms with E-state index >= 15 is 0 Å². The fourth-order valence-corrected chi connectivity index (χ4v) is 2.39. The summed E-state index contributed by atoms with van der Waals surface area (Å²) in [5, 5.41) is 0. The first-order chi connectivity index (χ1) is 12.4. The minimum Gasteiger partial charge on any atom is -0.457 e. The van der Waals surface area contributed by atoms with Crippen LogP contribution in [0, 0.1) is 6.92 Å². The van der Waals surface area contributed by atoms with Gasteiger partial charge in [0.15, 0.2) is 0 Å². The Bertz CT molecular complexity index is 932. The molecule has 1 heterocycles. The molecule has 0 fully saturated rings. The quantitative estimate of drug-likeness (QED) is 0.542. The molecular weight excluding hydrogens is 339 g/mol. The molecule has 5 heteroatoms. The van der Waals surface area contributed by atoms with Crippen molar-refractivity contribution in [1.82, 2.24) is 4.98 Å². The molecule has 3 aromatic rings. The van der Waals surface area contributed by atoms with Crippen molar-refractivity contribution in [1.29, 1.82) is 0 Å². The van der Waals surface area contributed by atoms with E-state index in [1.54, 1.807) is 18.2 Å². The highest BCUT2D eigenvalue weighted by atomic mass is 19.4. The van der Waals surface area contributed by atoms with Crippen LogP contribution in [0.4, 0.5) is 13.2 Å². The summed E-state index contributed by atoms with van der Waals surface area (Å²) in [6.45, 7) is 1.92. The summed E-state index contributed by atoms with van der Waals surface area (Å²) in [6.07, 6.45) is -0.651. The van der Waals surface area contributed by atoms with Crippen LogP contribution in [-0.4, -0.2) is 4.98 Å². The van der Waals surface area contributed by atoms with Gasteiger partial charge in [0, 0.05) is 5.69 Å².